The van der Waals surface area contributed by atoms with Crippen molar-refractivity contribution in [3.05, 3.63) is 76.6 Å². The quantitative estimate of drug-likeness (QED) is 0.723. The number of nitrogens with zero attached hydrogens (tertiary/aromatic N) is 2. The van der Waals surface area contributed by atoms with Gasteiger partial charge in [-0.2, -0.15) is 0 Å². The van der Waals surface area contributed by atoms with Gasteiger partial charge in [-0.05, 0) is 68.1 Å². The van der Waals surface area contributed by atoms with Crippen LogP contribution in [0.5, 0.6) is 0 Å². The average Bonchev–Trinajstić information content (AvgIpc) is 2.82. The number of amides is 2. The van der Waals surface area contributed by atoms with E-state index in [0.29, 0.717) is 19.7 Å². The molecule has 1 N–H and O–H groups in total. The normalized spacial score (nSPS) is 20.4. The third-order valence-corrected chi connectivity index (χ3v) is 6.64. The molecule has 0 aliphatic carbocycles. The second-order valence-electron chi connectivity index (χ2n) is 9.21. The number of urea groups is 1. The van der Waals surface area contributed by atoms with Crippen LogP contribution in [0.1, 0.15) is 49.4 Å². The zero-order chi connectivity index (χ0) is 23.4. The predicted octanol–water partition coefficient (Wildman–Crippen LogP) is 4.84. The van der Waals surface area contributed by atoms with Crippen LogP contribution in [0.25, 0.3) is 5.57 Å². The van der Waals surface area contributed by atoms with Crippen LogP contribution in [0.4, 0.5) is 9.18 Å². The highest BCUT2D eigenvalue weighted by atomic mass is 19.1. The molecule has 2 amide bonds. The summed E-state index contributed by atoms with van der Waals surface area (Å²) in [6.07, 6.45) is 2.08. The van der Waals surface area contributed by atoms with Crippen molar-refractivity contribution in [1.29, 1.82) is 0 Å². The molecule has 2 aliphatic rings. The Morgan fingerprint density at radius 2 is 1.64 bits per heavy atom. The number of hydrogen-bond acceptors (Lipinski definition) is 3. The molecule has 2 aliphatic heterocycles. The second kappa shape index (κ2) is 10.5. The molecule has 0 bridgehead atoms. The minimum atomic E-state index is -0.221. The van der Waals surface area contributed by atoms with Crippen molar-refractivity contribution in [1.82, 2.24) is 15.1 Å². The van der Waals surface area contributed by atoms with Gasteiger partial charge in [0.15, 0.2) is 0 Å². The van der Waals surface area contributed by atoms with Crippen molar-refractivity contribution in [3.63, 3.8) is 0 Å². The van der Waals surface area contributed by atoms with E-state index >= 15 is 0 Å². The molecule has 2 aromatic carbocycles. The molecule has 4 rings (SSSR count). The minimum absolute atomic E-state index is 0.0535. The van der Waals surface area contributed by atoms with Gasteiger partial charge >= 0.3 is 6.03 Å². The molecule has 2 saturated heterocycles. The van der Waals surface area contributed by atoms with Gasteiger partial charge in [0.2, 0.25) is 0 Å². The zero-order valence-corrected chi connectivity index (χ0v) is 19.8. The summed E-state index contributed by atoms with van der Waals surface area (Å²) in [5.41, 5.74) is 5.85. The number of carbonyl (C=O) groups is 1. The van der Waals surface area contributed by atoms with Gasteiger partial charge in [0.25, 0.3) is 0 Å². The van der Waals surface area contributed by atoms with E-state index in [1.807, 2.05) is 30.9 Å². The van der Waals surface area contributed by atoms with Crippen LogP contribution in [-0.4, -0.2) is 61.8 Å². The minimum Gasteiger partial charge on any atom is -0.375 e. The lowest BCUT2D eigenvalue weighted by atomic mass is 9.88. The van der Waals surface area contributed by atoms with Crippen LogP contribution in [0.15, 0.2) is 54.1 Å². The Morgan fingerprint density at radius 3 is 2.24 bits per heavy atom. The van der Waals surface area contributed by atoms with E-state index in [1.54, 1.807) is 0 Å². The lowest BCUT2D eigenvalue weighted by Crippen LogP contribution is -2.49. The summed E-state index contributed by atoms with van der Waals surface area (Å²) in [4.78, 5) is 16.8. The highest BCUT2D eigenvalue weighted by Gasteiger charge is 2.23. The fraction of sp³-hybridized carbons (Fsp3) is 0.444. The van der Waals surface area contributed by atoms with Gasteiger partial charge in [-0.25, -0.2) is 9.18 Å². The van der Waals surface area contributed by atoms with Crippen LogP contribution in [-0.2, 0) is 4.74 Å². The van der Waals surface area contributed by atoms with Crippen LogP contribution >= 0.6 is 0 Å². The summed E-state index contributed by atoms with van der Waals surface area (Å²) in [5.74, 6) is -0.221. The lowest BCUT2D eigenvalue weighted by molar-refractivity contribution is -0.00380. The Labute approximate surface area is 196 Å². The van der Waals surface area contributed by atoms with Crippen molar-refractivity contribution in [3.8, 4) is 0 Å². The number of nitrogens with one attached hydrogen (secondary N) is 1. The SMILES string of the molecule is CC1CN(C(=O)N[C@H](C)c2ccc(C(=C3CCN(C)CC3)c3ccc(F)cc3)cc2)CCO1. The number of likely N-dealkylation sites (tertiary alicyclic amines) is 1. The number of ether oxygens (including phenoxy) is 1. The van der Waals surface area contributed by atoms with Crippen molar-refractivity contribution in [2.75, 3.05) is 39.8 Å². The van der Waals surface area contributed by atoms with Crippen LogP contribution < -0.4 is 5.32 Å². The van der Waals surface area contributed by atoms with Crippen LogP contribution in [0.3, 0.4) is 0 Å². The highest BCUT2D eigenvalue weighted by Crippen LogP contribution is 2.33. The molecule has 2 fully saturated rings. The summed E-state index contributed by atoms with van der Waals surface area (Å²) in [6, 6.07) is 15.1. The number of carbonyl (C=O) groups excluding carboxylic acids is 1. The third-order valence-electron chi connectivity index (χ3n) is 6.64. The first-order valence-corrected chi connectivity index (χ1v) is 11.8. The van der Waals surface area contributed by atoms with Crippen LogP contribution in [0.2, 0.25) is 0 Å². The first kappa shape index (κ1) is 23.5. The standard InChI is InChI=1S/C27H34FN3O2/c1-19-18-31(16-17-33-19)27(32)29-20(2)21-4-6-22(7-5-21)26(23-8-10-25(28)11-9-23)24-12-14-30(3)15-13-24/h4-11,19-20H,12-18H2,1-3H3,(H,29,32)/t19?,20-/m1/s1. The van der Waals surface area contributed by atoms with Crippen LogP contribution in [0, 0.1) is 5.82 Å². The largest absolute Gasteiger partial charge is 0.375 e. The summed E-state index contributed by atoms with van der Waals surface area (Å²) in [5, 5.41) is 3.11. The number of hydrogen-bond donors (Lipinski definition) is 1. The molecule has 0 radical (unpaired) electrons. The van der Waals surface area contributed by atoms with Gasteiger partial charge in [-0.1, -0.05) is 42.0 Å². The van der Waals surface area contributed by atoms with E-state index in [-0.39, 0.29) is 24.0 Å². The maximum atomic E-state index is 13.6. The number of morpholine rings is 1. The van der Waals surface area contributed by atoms with E-state index < -0.39 is 0 Å². The van der Waals surface area contributed by atoms with Crippen molar-refractivity contribution < 1.29 is 13.9 Å². The summed E-state index contributed by atoms with van der Waals surface area (Å²) >= 11 is 0. The van der Waals surface area contributed by atoms with Crippen molar-refractivity contribution >= 4 is 11.6 Å². The molecule has 5 nitrogen and oxygen atoms in total. The monoisotopic (exact) mass is 451 g/mol. The molecule has 6 heteroatoms. The fourth-order valence-electron chi connectivity index (χ4n) is 4.63. The van der Waals surface area contributed by atoms with Gasteiger partial charge in [-0.15, -0.1) is 0 Å². The zero-order valence-electron chi connectivity index (χ0n) is 19.8. The molecular weight excluding hydrogens is 417 g/mol. The molecular formula is C27H34FN3O2. The second-order valence-corrected chi connectivity index (χ2v) is 9.21. The van der Waals surface area contributed by atoms with Gasteiger partial charge in [0, 0.05) is 26.2 Å². The number of rotatable bonds is 4. The molecule has 0 saturated carbocycles. The Morgan fingerprint density at radius 1 is 1.03 bits per heavy atom. The van der Waals surface area contributed by atoms with E-state index in [2.05, 4.69) is 41.5 Å². The Bertz CT molecular complexity index is 977. The molecule has 2 heterocycles. The average molecular weight is 452 g/mol. The van der Waals surface area contributed by atoms with Crippen molar-refractivity contribution in [2.24, 2.45) is 0 Å². The number of piperidine rings is 1. The van der Waals surface area contributed by atoms with Gasteiger partial charge < -0.3 is 19.9 Å². The Kier molecular flexibility index (Phi) is 7.46. The van der Waals surface area contributed by atoms with Gasteiger partial charge in [0.1, 0.15) is 5.82 Å². The third kappa shape index (κ3) is 5.81. The number of halogens is 1. The lowest BCUT2D eigenvalue weighted by Gasteiger charge is -2.32. The molecule has 0 spiro atoms. The highest BCUT2D eigenvalue weighted by molar-refractivity contribution is 5.82. The fourth-order valence-corrected chi connectivity index (χ4v) is 4.63. The molecule has 33 heavy (non-hydrogen) atoms. The molecule has 176 valence electrons. The Hall–Kier alpha value is -2.70. The molecule has 2 aromatic rings. The van der Waals surface area contributed by atoms with Gasteiger partial charge in [0.05, 0.1) is 18.8 Å². The predicted molar refractivity (Wildman–Crippen MR) is 130 cm³/mol. The molecule has 1 unspecified atom stereocenters. The van der Waals surface area contributed by atoms with Gasteiger partial charge in [-0.3, -0.25) is 0 Å². The van der Waals surface area contributed by atoms with E-state index in [0.717, 1.165) is 42.6 Å². The van der Waals surface area contributed by atoms with E-state index in [9.17, 15) is 9.18 Å². The number of benzene rings is 2. The summed E-state index contributed by atoms with van der Waals surface area (Å²) < 4.78 is 19.1. The topological polar surface area (TPSA) is 44.8 Å². The molecule has 0 aromatic heterocycles. The smallest absolute Gasteiger partial charge is 0.318 e. The molecule has 2 atom stereocenters. The first-order valence-electron chi connectivity index (χ1n) is 11.8. The van der Waals surface area contributed by atoms with Crippen molar-refractivity contribution in [2.45, 2.75) is 38.8 Å². The van der Waals surface area contributed by atoms with E-state index in [1.165, 1.54) is 23.3 Å². The Balaban J connectivity index is 1.53. The maximum absolute atomic E-state index is 13.6. The van der Waals surface area contributed by atoms with E-state index in [4.69, 9.17) is 4.74 Å². The first-order chi connectivity index (χ1) is 15.9. The summed E-state index contributed by atoms with van der Waals surface area (Å²) in [7, 11) is 2.15. The summed E-state index contributed by atoms with van der Waals surface area (Å²) in [6.45, 7) is 7.86. The maximum Gasteiger partial charge on any atom is 0.318 e.